The monoisotopic (exact) mass is 317 g/mol. The van der Waals surface area contributed by atoms with Gasteiger partial charge in [-0.2, -0.15) is 0 Å². The molecule has 0 radical (unpaired) electrons. The summed E-state index contributed by atoms with van der Waals surface area (Å²) < 4.78 is 0. The quantitative estimate of drug-likeness (QED) is 0.737. The summed E-state index contributed by atoms with van der Waals surface area (Å²) in [7, 11) is 0. The first-order valence-electron chi connectivity index (χ1n) is 9.14. The standard InChI is InChI=1S/C23H27N/c1-6-7-9-15-10-8-11-17-18(15)20-19-16(12-13-24-20)14-22(2,3)21(19)23(17,4)5/h6-8,11-15H,9-10H2,1-5H3. The molecule has 1 aromatic heterocycles. The Morgan fingerprint density at radius 3 is 2.79 bits per heavy atom. The third-order valence-corrected chi connectivity index (χ3v) is 6.01. The van der Waals surface area contributed by atoms with Gasteiger partial charge in [0.25, 0.3) is 0 Å². The third kappa shape index (κ3) is 1.97. The number of aromatic nitrogens is 1. The topological polar surface area (TPSA) is 12.9 Å². The molecule has 0 amide bonds. The number of hydrogen-bond donors (Lipinski definition) is 0. The number of rotatable bonds is 2. The van der Waals surface area contributed by atoms with Crippen molar-refractivity contribution in [1.29, 1.82) is 0 Å². The van der Waals surface area contributed by atoms with Crippen molar-refractivity contribution in [2.24, 2.45) is 16.7 Å². The highest BCUT2D eigenvalue weighted by molar-refractivity contribution is 5.87. The molecule has 1 atom stereocenters. The molecule has 0 saturated carbocycles. The lowest BCUT2D eigenvalue weighted by Crippen LogP contribution is -2.40. The molecule has 4 rings (SSSR count). The lowest BCUT2D eigenvalue weighted by atomic mass is 9.61. The highest BCUT2D eigenvalue weighted by Gasteiger charge is 2.44. The molecule has 0 fully saturated rings. The molecule has 1 heteroatoms. The van der Waals surface area contributed by atoms with Crippen molar-refractivity contribution < 1.29 is 0 Å². The average Bonchev–Trinajstić information content (AvgIpc) is 2.82. The predicted molar refractivity (Wildman–Crippen MR) is 103 cm³/mol. The predicted octanol–water partition coefficient (Wildman–Crippen LogP) is 4.39. The molecule has 0 bridgehead atoms. The van der Waals surface area contributed by atoms with E-state index in [1.165, 1.54) is 27.3 Å². The van der Waals surface area contributed by atoms with Crippen molar-refractivity contribution in [2.45, 2.75) is 47.5 Å². The van der Waals surface area contributed by atoms with E-state index in [9.17, 15) is 0 Å². The summed E-state index contributed by atoms with van der Waals surface area (Å²) in [4.78, 5) is 4.89. The van der Waals surface area contributed by atoms with E-state index in [0.717, 1.165) is 12.8 Å². The van der Waals surface area contributed by atoms with Crippen molar-refractivity contribution >= 4 is 17.2 Å². The zero-order valence-corrected chi connectivity index (χ0v) is 15.5. The summed E-state index contributed by atoms with van der Waals surface area (Å²) >= 11 is 0. The molecule has 0 N–H and O–H groups in total. The van der Waals surface area contributed by atoms with Gasteiger partial charge in [-0.15, -0.1) is 0 Å². The summed E-state index contributed by atoms with van der Waals surface area (Å²) in [5.41, 5.74) is 5.92. The van der Waals surface area contributed by atoms with Gasteiger partial charge >= 0.3 is 0 Å². The van der Waals surface area contributed by atoms with Crippen LogP contribution < -0.4 is 10.4 Å². The summed E-state index contributed by atoms with van der Waals surface area (Å²) in [6.07, 6.45) is 15.9. The maximum Gasteiger partial charge on any atom is 0.0746 e. The largest absolute Gasteiger partial charge is 0.256 e. The Morgan fingerprint density at radius 2 is 2.04 bits per heavy atom. The van der Waals surface area contributed by atoms with Crippen LogP contribution in [0.25, 0.3) is 17.2 Å². The fourth-order valence-corrected chi connectivity index (χ4v) is 5.26. The molecule has 0 aliphatic heterocycles. The van der Waals surface area contributed by atoms with Gasteiger partial charge in [-0.05, 0) is 53.7 Å². The van der Waals surface area contributed by atoms with Crippen LogP contribution >= 0.6 is 0 Å². The van der Waals surface area contributed by atoms with Crippen LogP contribution in [0.3, 0.4) is 0 Å². The minimum absolute atomic E-state index is 0.0573. The Hall–Kier alpha value is -1.89. The van der Waals surface area contributed by atoms with E-state index in [4.69, 9.17) is 4.98 Å². The first-order valence-corrected chi connectivity index (χ1v) is 9.14. The average molecular weight is 317 g/mol. The van der Waals surface area contributed by atoms with Crippen LogP contribution in [0, 0.1) is 16.7 Å². The molecule has 1 nitrogen and oxygen atoms in total. The molecule has 0 aromatic carbocycles. The van der Waals surface area contributed by atoms with Crippen molar-refractivity contribution in [2.75, 3.05) is 0 Å². The van der Waals surface area contributed by atoms with E-state index in [2.05, 4.69) is 71.1 Å². The Bertz CT molecular complexity index is 919. The third-order valence-electron chi connectivity index (χ3n) is 6.01. The molecule has 1 aromatic rings. The van der Waals surface area contributed by atoms with E-state index < -0.39 is 0 Å². The van der Waals surface area contributed by atoms with E-state index in [-0.39, 0.29) is 10.8 Å². The smallest absolute Gasteiger partial charge is 0.0746 e. The van der Waals surface area contributed by atoms with Crippen LogP contribution in [0.1, 0.15) is 53.2 Å². The number of fused-ring (bicyclic) bond motifs is 1. The Balaban J connectivity index is 2.07. The summed E-state index contributed by atoms with van der Waals surface area (Å²) in [5, 5.41) is 2.80. The summed E-state index contributed by atoms with van der Waals surface area (Å²) in [5.74, 6) is 0.546. The van der Waals surface area contributed by atoms with Gasteiger partial charge in [-0.25, -0.2) is 0 Å². The zero-order valence-electron chi connectivity index (χ0n) is 15.5. The maximum absolute atomic E-state index is 4.89. The van der Waals surface area contributed by atoms with Crippen molar-refractivity contribution in [1.82, 2.24) is 4.98 Å². The second kappa shape index (κ2) is 5.05. The van der Waals surface area contributed by atoms with Gasteiger partial charge in [0.15, 0.2) is 0 Å². The van der Waals surface area contributed by atoms with Gasteiger partial charge in [0.05, 0.1) is 5.69 Å². The highest BCUT2D eigenvalue weighted by Crippen LogP contribution is 2.54. The molecule has 3 aliphatic carbocycles. The molecular formula is C23H27N. The van der Waals surface area contributed by atoms with Gasteiger partial charge in [0, 0.05) is 22.2 Å². The Kier molecular flexibility index (Phi) is 3.29. The number of allylic oxidation sites excluding steroid dienone is 6. The van der Waals surface area contributed by atoms with Crippen LogP contribution in [0.4, 0.5) is 0 Å². The van der Waals surface area contributed by atoms with Gasteiger partial charge in [0.1, 0.15) is 0 Å². The molecule has 0 spiro atoms. The van der Waals surface area contributed by atoms with Crippen molar-refractivity contribution in [3.8, 4) is 0 Å². The van der Waals surface area contributed by atoms with Gasteiger partial charge in [-0.3, -0.25) is 4.98 Å². The molecule has 3 aliphatic rings. The zero-order chi connectivity index (χ0) is 17.1. The molecule has 24 heavy (non-hydrogen) atoms. The minimum atomic E-state index is 0.0573. The van der Waals surface area contributed by atoms with E-state index in [0.29, 0.717) is 5.92 Å². The molecular weight excluding hydrogens is 290 g/mol. The SMILES string of the molecule is CC=CCC1CC=CC2=C1c1nccc3c1=C(C(C)(C)C=3)C2(C)C. The highest BCUT2D eigenvalue weighted by atomic mass is 14.7. The number of nitrogens with zero attached hydrogens (tertiary/aromatic N) is 1. The first-order chi connectivity index (χ1) is 11.4. The van der Waals surface area contributed by atoms with Gasteiger partial charge in [0.2, 0.25) is 0 Å². The lowest BCUT2D eigenvalue weighted by molar-refractivity contribution is 0.507. The fourth-order valence-electron chi connectivity index (χ4n) is 5.26. The van der Waals surface area contributed by atoms with Crippen molar-refractivity contribution in [3.63, 3.8) is 0 Å². The maximum atomic E-state index is 4.89. The van der Waals surface area contributed by atoms with Crippen LogP contribution in [-0.2, 0) is 0 Å². The lowest BCUT2D eigenvalue weighted by Gasteiger charge is -2.42. The summed E-state index contributed by atoms with van der Waals surface area (Å²) in [6.45, 7) is 11.6. The number of pyridine rings is 1. The van der Waals surface area contributed by atoms with Crippen LogP contribution in [-0.4, -0.2) is 4.98 Å². The summed E-state index contributed by atoms with van der Waals surface area (Å²) in [6, 6.07) is 2.19. The normalized spacial score (nSPS) is 25.7. The minimum Gasteiger partial charge on any atom is -0.256 e. The molecule has 1 heterocycles. The molecule has 0 saturated heterocycles. The number of hydrogen-bond acceptors (Lipinski definition) is 1. The van der Waals surface area contributed by atoms with Crippen LogP contribution in [0.5, 0.6) is 0 Å². The second-order valence-corrected chi connectivity index (χ2v) is 8.46. The van der Waals surface area contributed by atoms with E-state index in [1.54, 1.807) is 5.57 Å². The van der Waals surface area contributed by atoms with Crippen LogP contribution in [0.2, 0.25) is 0 Å². The van der Waals surface area contributed by atoms with E-state index >= 15 is 0 Å². The first kappa shape index (κ1) is 15.6. The van der Waals surface area contributed by atoms with Crippen molar-refractivity contribution in [3.05, 3.63) is 58.3 Å². The van der Waals surface area contributed by atoms with E-state index in [1.807, 2.05) is 6.20 Å². The fraction of sp³-hybridized carbons (Fsp3) is 0.435. The second-order valence-electron chi connectivity index (χ2n) is 8.46. The van der Waals surface area contributed by atoms with Gasteiger partial charge in [-0.1, -0.05) is 58.1 Å². The Morgan fingerprint density at radius 1 is 1.25 bits per heavy atom. The van der Waals surface area contributed by atoms with Crippen LogP contribution in [0.15, 0.2) is 42.1 Å². The molecule has 124 valence electrons. The molecule has 1 unspecified atom stereocenters. The Labute approximate surface area is 145 Å². The van der Waals surface area contributed by atoms with Gasteiger partial charge < -0.3 is 0 Å².